The SMILES string of the molecule is CO[C@@H](C)c1c(CC(=O)Cc2cc(C(F)(F)F)c3nc(C)nn3c2)cnc2cc(Cl)nn12. The van der Waals surface area contributed by atoms with Gasteiger partial charge in [-0.25, -0.2) is 19.0 Å². The highest BCUT2D eigenvalue weighted by Crippen LogP contribution is 2.33. The van der Waals surface area contributed by atoms with Gasteiger partial charge in [0.05, 0.1) is 11.8 Å². The molecule has 0 N–H and O–H groups in total. The van der Waals surface area contributed by atoms with Crippen molar-refractivity contribution in [1.82, 2.24) is 29.2 Å². The number of carbonyl (C=O) groups excluding carboxylic acids is 1. The highest BCUT2D eigenvalue weighted by Gasteiger charge is 2.35. The topological polar surface area (TPSA) is 86.7 Å². The van der Waals surface area contributed by atoms with Gasteiger partial charge in [0.2, 0.25) is 0 Å². The van der Waals surface area contributed by atoms with Crippen molar-refractivity contribution >= 4 is 28.7 Å². The second-order valence-corrected chi connectivity index (χ2v) is 7.75. The highest BCUT2D eigenvalue weighted by atomic mass is 35.5. The number of fused-ring (bicyclic) bond motifs is 2. The number of Topliss-reactive ketones (excluding diaryl/α,β-unsaturated/α-hetero) is 1. The van der Waals surface area contributed by atoms with Gasteiger partial charge in [0.25, 0.3) is 0 Å². The standard InChI is InChI=1S/C20H18ClF3N6O2/c1-10(32-3)18-13(8-25-17-7-16(21)28-30(17)18)6-14(31)4-12-5-15(20(22,23)24)19-26-11(2)27-29(19)9-12/h5,7-10H,4,6H2,1-3H3/t10-/m0/s1. The van der Waals surface area contributed by atoms with Gasteiger partial charge in [0.15, 0.2) is 16.4 Å². The summed E-state index contributed by atoms with van der Waals surface area (Å²) in [6.07, 6.45) is -2.44. The highest BCUT2D eigenvalue weighted by molar-refractivity contribution is 6.29. The van der Waals surface area contributed by atoms with Crippen LogP contribution >= 0.6 is 11.6 Å². The summed E-state index contributed by atoms with van der Waals surface area (Å²) in [5.74, 6) is -0.104. The number of rotatable bonds is 6. The largest absolute Gasteiger partial charge is 0.420 e. The van der Waals surface area contributed by atoms with Gasteiger partial charge in [0, 0.05) is 44.0 Å². The van der Waals surface area contributed by atoms with Crippen LogP contribution in [0.4, 0.5) is 13.2 Å². The number of hydrogen-bond acceptors (Lipinski definition) is 6. The van der Waals surface area contributed by atoms with Crippen LogP contribution in [0.2, 0.25) is 5.15 Å². The van der Waals surface area contributed by atoms with Gasteiger partial charge in [-0.15, -0.1) is 0 Å². The second-order valence-electron chi connectivity index (χ2n) is 7.36. The molecule has 4 heterocycles. The minimum atomic E-state index is -4.63. The number of carbonyl (C=O) groups is 1. The number of alkyl halides is 3. The Bertz CT molecular complexity index is 1330. The number of pyridine rings is 1. The maximum atomic E-state index is 13.5. The Balaban J connectivity index is 1.67. The van der Waals surface area contributed by atoms with E-state index in [2.05, 4.69) is 20.2 Å². The van der Waals surface area contributed by atoms with E-state index in [9.17, 15) is 18.0 Å². The van der Waals surface area contributed by atoms with E-state index in [0.717, 1.165) is 10.6 Å². The van der Waals surface area contributed by atoms with E-state index in [1.54, 1.807) is 13.0 Å². The first-order valence-electron chi connectivity index (χ1n) is 9.57. The Morgan fingerprint density at radius 2 is 2.00 bits per heavy atom. The Morgan fingerprint density at radius 1 is 1.25 bits per heavy atom. The van der Waals surface area contributed by atoms with Crippen molar-refractivity contribution in [2.45, 2.75) is 39.0 Å². The molecule has 0 spiro atoms. The maximum Gasteiger partial charge on any atom is 0.420 e. The summed E-state index contributed by atoms with van der Waals surface area (Å²) in [5.41, 5.74) is 0.574. The van der Waals surface area contributed by atoms with Crippen molar-refractivity contribution in [3.05, 3.63) is 57.9 Å². The van der Waals surface area contributed by atoms with Crippen LogP contribution in [0.3, 0.4) is 0 Å². The van der Waals surface area contributed by atoms with E-state index in [0.29, 0.717) is 16.9 Å². The smallest absolute Gasteiger partial charge is 0.375 e. The fraction of sp³-hybridized carbons (Fsp3) is 0.350. The van der Waals surface area contributed by atoms with Crippen LogP contribution in [0.25, 0.3) is 11.3 Å². The molecule has 8 nitrogen and oxygen atoms in total. The molecule has 168 valence electrons. The normalized spacial score (nSPS) is 13.2. The molecule has 0 fully saturated rings. The van der Waals surface area contributed by atoms with Gasteiger partial charge in [-0.05, 0) is 25.5 Å². The Labute approximate surface area is 185 Å². The van der Waals surface area contributed by atoms with Crippen LogP contribution < -0.4 is 0 Å². The fourth-order valence-electron chi connectivity index (χ4n) is 3.60. The number of aromatic nitrogens is 6. The molecule has 0 aliphatic rings. The van der Waals surface area contributed by atoms with Crippen molar-refractivity contribution in [3.63, 3.8) is 0 Å². The lowest BCUT2D eigenvalue weighted by Crippen LogP contribution is -2.16. The predicted octanol–water partition coefficient (Wildman–Crippen LogP) is 3.81. The lowest BCUT2D eigenvalue weighted by atomic mass is 10.0. The van der Waals surface area contributed by atoms with Gasteiger partial charge >= 0.3 is 6.18 Å². The van der Waals surface area contributed by atoms with Crippen LogP contribution in [0.1, 0.15) is 41.2 Å². The number of aryl methyl sites for hydroxylation is 1. The van der Waals surface area contributed by atoms with Gasteiger partial charge < -0.3 is 4.74 Å². The molecule has 0 aliphatic carbocycles. The van der Waals surface area contributed by atoms with Crippen LogP contribution in [0, 0.1) is 6.92 Å². The quantitative estimate of drug-likeness (QED) is 0.429. The molecule has 1 atom stereocenters. The summed E-state index contributed by atoms with van der Waals surface area (Å²) in [6, 6.07) is 2.52. The van der Waals surface area contributed by atoms with E-state index in [4.69, 9.17) is 16.3 Å². The number of ketones is 1. The first-order chi connectivity index (χ1) is 15.1. The molecule has 0 radical (unpaired) electrons. The predicted molar refractivity (Wildman–Crippen MR) is 109 cm³/mol. The monoisotopic (exact) mass is 466 g/mol. The molecule has 0 saturated carbocycles. The molecule has 0 aromatic carbocycles. The molecule has 32 heavy (non-hydrogen) atoms. The van der Waals surface area contributed by atoms with E-state index >= 15 is 0 Å². The van der Waals surface area contributed by atoms with E-state index in [1.165, 1.54) is 30.9 Å². The van der Waals surface area contributed by atoms with E-state index < -0.39 is 17.8 Å². The molecule has 12 heteroatoms. The summed E-state index contributed by atoms with van der Waals surface area (Å²) in [4.78, 5) is 20.9. The van der Waals surface area contributed by atoms with Crippen LogP contribution in [0.15, 0.2) is 24.5 Å². The molecule has 0 bridgehead atoms. The Morgan fingerprint density at radius 3 is 2.69 bits per heavy atom. The molecule has 0 saturated heterocycles. The summed E-state index contributed by atoms with van der Waals surface area (Å²) >= 11 is 5.98. The van der Waals surface area contributed by atoms with E-state index in [-0.39, 0.29) is 40.8 Å². The molecular formula is C20H18ClF3N6O2. The second kappa shape index (κ2) is 8.14. The number of methoxy groups -OCH3 is 1. The molecular weight excluding hydrogens is 449 g/mol. The lowest BCUT2D eigenvalue weighted by molar-refractivity contribution is -0.136. The lowest BCUT2D eigenvalue weighted by Gasteiger charge is -2.16. The first kappa shape index (κ1) is 22.2. The molecule has 4 aromatic rings. The van der Waals surface area contributed by atoms with E-state index in [1.807, 2.05) is 0 Å². The average Bonchev–Trinajstić information content (AvgIpc) is 3.26. The van der Waals surface area contributed by atoms with Crippen molar-refractivity contribution < 1.29 is 22.7 Å². The zero-order valence-corrected chi connectivity index (χ0v) is 18.1. The van der Waals surface area contributed by atoms with Gasteiger partial charge in [0.1, 0.15) is 17.2 Å². The fourth-order valence-corrected chi connectivity index (χ4v) is 3.77. The average molecular weight is 467 g/mol. The number of halogens is 4. The Hall–Kier alpha value is -3.05. The van der Waals surface area contributed by atoms with Gasteiger partial charge in [-0.1, -0.05) is 11.6 Å². The van der Waals surface area contributed by atoms with Crippen LogP contribution in [0.5, 0.6) is 0 Å². The minimum absolute atomic E-state index is 0.0702. The third-order valence-electron chi connectivity index (χ3n) is 5.00. The summed E-state index contributed by atoms with van der Waals surface area (Å²) in [5, 5.41) is 8.40. The molecule has 4 aromatic heterocycles. The molecule has 0 amide bonds. The number of nitrogens with zero attached hydrogens (tertiary/aromatic N) is 6. The van der Waals surface area contributed by atoms with Crippen LogP contribution in [-0.2, 0) is 28.5 Å². The zero-order chi connectivity index (χ0) is 23.2. The van der Waals surface area contributed by atoms with Crippen molar-refractivity contribution in [3.8, 4) is 0 Å². The molecule has 4 rings (SSSR count). The molecule has 0 unspecified atom stereocenters. The van der Waals surface area contributed by atoms with Crippen LogP contribution in [-0.4, -0.2) is 42.1 Å². The van der Waals surface area contributed by atoms with Gasteiger partial charge in [-0.2, -0.15) is 23.4 Å². The maximum absolute atomic E-state index is 13.5. The summed E-state index contributed by atoms with van der Waals surface area (Å²) in [6.45, 7) is 3.29. The minimum Gasteiger partial charge on any atom is -0.375 e. The third-order valence-corrected chi connectivity index (χ3v) is 5.18. The van der Waals surface area contributed by atoms with Gasteiger partial charge in [-0.3, -0.25) is 4.79 Å². The van der Waals surface area contributed by atoms with Crippen molar-refractivity contribution in [2.75, 3.05) is 7.11 Å². The Kier molecular flexibility index (Phi) is 5.63. The summed E-state index contributed by atoms with van der Waals surface area (Å²) < 4.78 is 48.5. The summed E-state index contributed by atoms with van der Waals surface area (Å²) in [7, 11) is 1.52. The van der Waals surface area contributed by atoms with Crippen molar-refractivity contribution in [1.29, 1.82) is 0 Å². The van der Waals surface area contributed by atoms with Crippen molar-refractivity contribution in [2.24, 2.45) is 0 Å². The third kappa shape index (κ3) is 4.17. The molecule has 0 aliphatic heterocycles. The number of hydrogen-bond donors (Lipinski definition) is 0. The first-order valence-corrected chi connectivity index (χ1v) is 9.95. The number of ether oxygens (including phenoxy) is 1. The zero-order valence-electron chi connectivity index (χ0n) is 17.3.